The molecule has 0 aliphatic carbocycles. The summed E-state index contributed by atoms with van der Waals surface area (Å²) in [6.07, 6.45) is 3.33. The van der Waals surface area contributed by atoms with Crippen LogP contribution in [0.4, 0.5) is 0 Å². The Morgan fingerprint density at radius 3 is 2.60 bits per heavy atom. The summed E-state index contributed by atoms with van der Waals surface area (Å²) in [4.78, 5) is 17.6. The fraction of sp³-hybridized carbons (Fsp3) is 0.385. The zero-order valence-corrected chi connectivity index (χ0v) is 12.3. The first-order valence-electron chi connectivity index (χ1n) is 6.39. The van der Waals surface area contributed by atoms with E-state index in [4.69, 9.17) is 4.42 Å². The summed E-state index contributed by atoms with van der Waals surface area (Å²) < 4.78 is 5.51. The Balaban J connectivity index is 1.95. The van der Waals surface area contributed by atoms with Gasteiger partial charge in [-0.25, -0.2) is 0 Å². The van der Waals surface area contributed by atoms with Crippen molar-refractivity contribution in [2.45, 2.75) is 19.1 Å². The fourth-order valence-electron chi connectivity index (χ4n) is 1.67. The average Bonchev–Trinajstić information content (AvgIpc) is 2.96. The van der Waals surface area contributed by atoms with Gasteiger partial charge in [-0.2, -0.15) is 0 Å². The van der Waals surface area contributed by atoms with Crippen LogP contribution in [-0.2, 0) is 4.79 Å². The molecule has 0 spiro atoms. The summed E-state index contributed by atoms with van der Waals surface area (Å²) in [5.74, 6) is 0.813. The smallest absolute Gasteiger partial charge is 0.277 e. The zero-order valence-electron chi connectivity index (χ0n) is 11.4. The number of aromatic nitrogens is 3. The largest absolute Gasteiger partial charge is 0.411 e. The second-order valence-electron chi connectivity index (χ2n) is 3.96. The Hall–Kier alpha value is -1.89. The number of pyridine rings is 1. The normalized spacial score (nSPS) is 10.5. The number of hydrogen-bond acceptors (Lipinski definition) is 6. The van der Waals surface area contributed by atoms with Crippen molar-refractivity contribution in [1.82, 2.24) is 20.1 Å². The van der Waals surface area contributed by atoms with Crippen LogP contribution in [0.2, 0.25) is 0 Å². The van der Waals surface area contributed by atoms with Gasteiger partial charge in [0.25, 0.3) is 5.22 Å². The highest BCUT2D eigenvalue weighted by Crippen LogP contribution is 2.22. The van der Waals surface area contributed by atoms with Gasteiger partial charge >= 0.3 is 0 Å². The van der Waals surface area contributed by atoms with E-state index in [1.165, 1.54) is 11.8 Å². The molecule has 6 nitrogen and oxygen atoms in total. The van der Waals surface area contributed by atoms with Crippen molar-refractivity contribution < 1.29 is 9.21 Å². The molecule has 2 rings (SSSR count). The van der Waals surface area contributed by atoms with Gasteiger partial charge in [-0.3, -0.25) is 9.78 Å². The van der Waals surface area contributed by atoms with Crippen molar-refractivity contribution in [3.8, 4) is 11.5 Å². The molecule has 2 aromatic rings. The Bertz CT molecular complexity index is 555. The van der Waals surface area contributed by atoms with Gasteiger partial charge in [-0.1, -0.05) is 11.8 Å². The number of rotatable bonds is 6. The topological polar surface area (TPSA) is 72.1 Å². The highest BCUT2D eigenvalue weighted by Gasteiger charge is 2.13. The number of carbonyl (C=O) groups excluding carboxylic acids is 1. The lowest BCUT2D eigenvalue weighted by Gasteiger charge is -2.17. The molecule has 20 heavy (non-hydrogen) atoms. The summed E-state index contributed by atoms with van der Waals surface area (Å²) in [5, 5.41) is 8.29. The summed E-state index contributed by atoms with van der Waals surface area (Å²) >= 11 is 1.26. The first-order valence-corrected chi connectivity index (χ1v) is 7.37. The summed E-state index contributed by atoms with van der Waals surface area (Å²) in [6.45, 7) is 5.34. The van der Waals surface area contributed by atoms with Gasteiger partial charge in [0.1, 0.15) is 0 Å². The van der Waals surface area contributed by atoms with Gasteiger partial charge in [0, 0.05) is 31.0 Å². The molecule has 2 heterocycles. The Morgan fingerprint density at radius 2 is 1.95 bits per heavy atom. The van der Waals surface area contributed by atoms with Crippen LogP contribution in [0.15, 0.2) is 34.2 Å². The molecular weight excluding hydrogens is 276 g/mol. The van der Waals surface area contributed by atoms with E-state index in [9.17, 15) is 4.79 Å². The van der Waals surface area contributed by atoms with Crippen molar-refractivity contribution >= 4 is 17.7 Å². The van der Waals surface area contributed by atoms with Crippen LogP contribution in [-0.4, -0.2) is 44.8 Å². The quantitative estimate of drug-likeness (QED) is 0.759. The maximum Gasteiger partial charge on any atom is 0.277 e. The SMILES string of the molecule is CCN(CC)C(=O)CSc1nnc(-c2ccncc2)o1. The molecule has 0 fully saturated rings. The molecule has 0 aliphatic rings. The number of hydrogen-bond donors (Lipinski definition) is 0. The minimum Gasteiger partial charge on any atom is -0.411 e. The monoisotopic (exact) mass is 292 g/mol. The molecule has 0 atom stereocenters. The Morgan fingerprint density at radius 1 is 1.25 bits per heavy atom. The molecule has 1 amide bonds. The minimum absolute atomic E-state index is 0.0728. The van der Waals surface area contributed by atoms with Crippen molar-refractivity contribution in [1.29, 1.82) is 0 Å². The molecule has 2 aromatic heterocycles. The third-order valence-corrected chi connectivity index (χ3v) is 3.57. The van der Waals surface area contributed by atoms with Gasteiger partial charge in [0.05, 0.1) is 5.75 Å². The third-order valence-electron chi connectivity index (χ3n) is 2.77. The maximum atomic E-state index is 11.9. The molecule has 0 saturated heterocycles. The molecule has 7 heteroatoms. The van der Waals surface area contributed by atoms with Gasteiger partial charge < -0.3 is 9.32 Å². The van der Waals surface area contributed by atoms with Gasteiger partial charge in [-0.05, 0) is 26.0 Å². The van der Waals surface area contributed by atoms with Crippen molar-refractivity contribution in [2.24, 2.45) is 0 Å². The van der Waals surface area contributed by atoms with Gasteiger partial charge in [0.15, 0.2) is 0 Å². The lowest BCUT2D eigenvalue weighted by Crippen LogP contribution is -2.31. The molecule has 0 saturated carbocycles. The summed E-state index contributed by atoms with van der Waals surface area (Å²) in [6, 6.07) is 3.59. The summed E-state index contributed by atoms with van der Waals surface area (Å²) in [5.41, 5.74) is 0.814. The first-order chi connectivity index (χ1) is 9.74. The molecule has 0 aliphatic heterocycles. The van der Waals surface area contributed by atoms with E-state index in [1.54, 1.807) is 29.4 Å². The maximum absolute atomic E-state index is 11.9. The third kappa shape index (κ3) is 3.57. The van der Waals surface area contributed by atoms with Crippen LogP contribution < -0.4 is 0 Å². The van der Waals surface area contributed by atoms with Crippen LogP contribution in [0.25, 0.3) is 11.5 Å². The minimum atomic E-state index is 0.0728. The predicted molar refractivity (Wildman–Crippen MR) is 76.2 cm³/mol. The lowest BCUT2D eigenvalue weighted by atomic mass is 10.3. The van der Waals surface area contributed by atoms with Crippen LogP contribution in [0.3, 0.4) is 0 Å². The molecule has 0 N–H and O–H groups in total. The Labute approximate surface area is 121 Å². The van der Waals surface area contributed by atoms with Crippen molar-refractivity contribution in [3.05, 3.63) is 24.5 Å². The zero-order chi connectivity index (χ0) is 14.4. The summed E-state index contributed by atoms with van der Waals surface area (Å²) in [7, 11) is 0. The highest BCUT2D eigenvalue weighted by molar-refractivity contribution is 7.99. The number of carbonyl (C=O) groups is 1. The van der Waals surface area contributed by atoms with Crippen LogP contribution in [0.5, 0.6) is 0 Å². The number of nitrogens with zero attached hydrogens (tertiary/aromatic N) is 4. The van der Waals surface area contributed by atoms with E-state index in [1.807, 2.05) is 13.8 Å². The standard InChI is InChI=1S/C13H16N4O2S/c1-3-17(4-2)11(18)9-20-13-16-15-12(19-13)10-5-7-14-8-6-10/h5-8H,3-4,9H2,1-2H3. The van der Waals surface area contributed by atoms with Crippen LogP contribution in [0.1, 0.15) is 13.8 Å². The molecular formula is C13H16N4O2S. The van der Waals surface area contributed by atoms with Gasteiger partial charge in [0.2, 0.25) is 11.8 Å². The van der Waals surface area contributed by atoms with E-state index >= 15 is 0 Å². The highest BCUT2D eigenvalue weighted by atomic mass is 32.2. The van der Waals surface area contributed by atoms with E-state index < -0.39 is 0 Å². The van der Waals surface area contributed by atoms with Crippen LogP contribution >= 0.6 is 11.8 Å². The fourth-order valence-corrected chi connectivity index (χ4v) is 2.34. The van der Waals surface area contributed by atoms with Crippen LogP contribution in [0, 0.1) is 0 Å². The van der Waals surface area contributed by atoms with Crippen molar-refractivity contribution in [2.75, 3.05) is 18.8 Å². The predicted octanol–water partition coefficient (Wildman–Crippen LogP) is 2.09. The van der Waals surface area contributed by atoms with E-state index in [-0.39, 0.29) is 5.91 Å². The van der Waals surface area contributed by atoms with E-state index in [2.05, 4.69) is 15.2 Å². The second-order valence-corrected chi connectivity index (χ2v) is 4.89. The number of amides is 1. The number of thioether (sulfide) groups is 1. The average molecular weight is 292 g/mol. The Kier molecular flexibility index (Phi) is 5.11. The molecule has 106 valence electrons. The van der Waals surface area contributed by atoms with Crippen molar-refractivity contribution in [3.63, 3.8) is 0 Å². The molecule has 0 radical (unpaired) electrons. The molecule has 0 aromatic carbocycles. The second kappa shape index (κ2) is 7.04. The van der Waals surface area contributed by atoms with Gasteiger partial charge in [-0.15, -0.1) is 10.2 Å². The molecule has 0 unspecified atom stereocenters. The lowest BCUT2D eigenvalue weighted by molar-refractivity contribution is -0.127. The van der Waals surface area contributed by atoms with E-state index in [0.717, 1.165) is 5.56 Å². The molecule has 0 bridgehead atoms. The van der Waals surface area contributed by atoms with E-state index in [0.29, 0.717) is 30.0 Å². The first kappa shape index (κ1) is 14.5.